The van der Waals surface area contributed by atoms with Crippen LogP contribution in [0, 0.1) is 17.2 Å². The summed E-state index contributed by atoms with van der Waals surface area (Å²) in [5.41, 5.74) is 1.54. The molecule has 2 rings (SSSR count). The minimum absolute atomic E-state index is 0.0673. The van der Waals surface area contributed by atoms with Crippen LogP contribution in [-0.2, 0) is 11.3 Å². The van der Waals surface area contributed by atoms with Crippen molar-refractivity contribution in [2.24, 2.45) is 5.92 Å². The molecule has 1 fully saturated rings. The molecule has 124 valence electrons. The summed E-state index contributed by atoms with van der Waals surface area (Å²) >= 11 is 0. The number of carbonyl (C=O) groups excluding carboxylic acids is 1. The fourth-order valence-electron chi connectivity index (χ4n) is 2.56. The zero-order valence-electron chi connectivity index (χ0n) is 13.9. The number of nitrogens with zero attached hydrogens (tertiary/aromatic N) is 2. The summed E-state index contributed by atoms with van der Waals surface area (Å²) in [5.74, 6) is 0.639. The van der Waals surface area contributed by atoms with Crippen molar-refractivity contribution in [3.63, 3.8) is 0 Å². The van der Waals surface area contributed by atoms with Gasteiger partial charge < -0.3 is 15.0 Å². The fourth-order valence-corrected chi connectivity index (χ4v) is 2.56. The number of benzene rings is 1. The number of likely N-dealkylation sites (tertiary alicyclic amines) is 1. The zero-order valence-corrected chi connectivity index (χ0v) is 13.9. The number of hydrogen-bond donors (Lipinski definition) is 1. The third-order valence-corrected chi connectivity index (χ3v) is 3.98. The molecule has 0 bridgehead atoms. The summed E-state index contributed by atoms with van der Waals surface area (Å²) in [6, 6.07) is 9.32. The van der Waals surface area contributed by atoms with Crippen LogP contribution in [0.1, 0.15) is 37.8 Å². The van der Waals surface area contributed by atoms with E-state index in [1.165, 1.54) is 0 Å². The van der Waals surface area contributed by atoms with E-state index < -0.39 is 0 Å². The van der Waals surface area contributed by atoms with E-state index in [9.17, 15) is 4.79 Å². The first-order valence-electron chi connectivity index (χ1n) is 8.22. The molecule has 0 saturated carbocycles. The van der Waals surface area contributed by atoms with Crippen molar-refractivity contribution in [1.82, 2.24) is 10.2 Å². The second-order valence-corrected chi connectivity index (χ2v) is 6.38. The smallest absolute Gasteiger partial charge is 0.317 e. The van der Waals surface area contributed by atoms with E-state index in [1.807, 2.05) is 12.1 Å². The normalized spacial score (nSPS) is 17.3. The molecule has 1 saturated heterocycles. The monoisotopic (exact) mass is 315 g/mol. The number of nitriles is 1. The van der Waals surface area contributed by atoms with Crippen LogP contribution >= 0.6 is 0 Å². The summed E-state index contributed by atoms with van der Waals surface area (Å²) in [4.78, 5) is 14.0. The Labute approximate surface area is 138 Å². The predicted molar refractivity (Wildman–Crippen MR) is 88.8 cm³/mol. The second-order valence-electron chi connectivity index (χ2n) is 6.38. The molecular formula is C18H25N3O2. The number of carbonyl (C=O) groups is 1. The van der Waals surface area contributed by atoms with E-state index in [-0.39, 0.29) is 12.1 Å². The number of nitrogens with one attached hydrogen (secondary N) is 1. The number of rotatable bonds is 6. The van der Waals surface area contributed by atoms with Gasteiger partial charge in [0.05, 0.1) is 17.7 Å². The Hall–Kier alpha value is -2.06. The van der Waals surface area contributed by atoms with Gasteiger partial charge in [0.2, 0.25) is 0 Å². The summed E-state index contributed by atoms with van der Waals surface area (Å²) in [6.45, 7) is 6.94. The van der Waals surface area contributed by atoms with E-state index in [1.54, 1.807) is 17.0 Å². The van der Waals surface area contributed by atoms with Crippen molar-refractivity contribution in [3.05, 3.63) is 35.4 Å². The average molecular weight is 315 g/mol. The number of amides is 2. The van der Waals surface area contributed by atoms with Gasteiger partial charge in [-0.1, -0.05) is 26.0 Å². The van der Waals surface area contributed by atoms with Gasteiger partial charge in [-0.05, 0) is 36.5 Å². The van der Waals surface area contributed by atoms with Gasteiger partial charge in [0.1, 0.15) is 0 Å². The van der Waals surface area contributed by atoms with Crippen LogP contribution in [0.5, 0.6) is 0 Å². The molecule has 1 aromatic carbocycles. The minimum atomic E-state index is -0.0673. The Morgan fingerprint density at radius 2 is 2.35 bits per heavy atom. The van der Waals surface area contributed by atoms with E-state index >= 15 is 0 Å². The average Bonchev–Trinajstić information content (AvgIpc) is 3.01. The van der Waals surface area contributed by atoms with E-state index in [2.05, 4.69) is 25.2 Å². The SMILES string of the molecule is CC(C)CCOC1CCN(C(=O)NCc2cccc(C#N)c2)C1. The summed E-state index contributed by atoms with van der Waals surface area (Å²) in [6.07, 6.45) is 2.11. The van der Waals surface area contributed by atoms with Gasteiger partial charge in [-0.15, -0.1) is 0 Å². The van der Waals surface area contributed by atoms with Gasteiger partial charge in [0, 0.05) is 26.2 Å². The van der Waals surface area contributed by atoms with Gasteiger partial charge >= 0.3 is 6.03 Å². The molecule has 0 aromatic heterocycles. The summed E-state index contributed by atoms with van der Waals surface area (Å²) in [5, 5.41) is 11.8. The van der Waals surface area contributed by atoms with Gasteiger partial charge in [-0.3, -0.25) is 0 Å². The molecule has 1 heterocycles. The third-order valence-electron chi connectivity index (χ3n) is 3.98. The molecule has 0 radical (unpaired) electrons. The molecule has 2 amide bonds. The highest BCUT2D eigenvalue weighted by molar-refractivity contribution is 5.74. The van der Waals surface area contributed by atoms with Crippen LogP contribution in [-0.4, -0.2) is 36.7 Å². The quantitative estimate of drug-likeness (QED) is 0.878. The van der Waals surface area contributed by atoms with Crippen LogP contribution in [0.15, 0.2) is 24.3 Å². The Morgan fingerprint density at radius 1 is 1.52 bits per heavy atom. The van der Waals surface area contributed by atoms with Crippen LogP contribution in [0.4, 0.5) is 4.79 Å². The highest BCUT2D eigenvalue weighted by Gasteiger charge is 2.26. The van der Waals surface area contributed by atoms with Crippen molar-refractivity contribution < 1.29 is 9.53 Å². The van der Waals surface area contributed by atoms with Crippen LogP contribution in [0.3, 0.4) is 0 Å². The summed E-state index contributed by atoms with van der Waals surface area (Å²) < 4.78 is 5.83. The van der Waals surface area contributed by atoms with Crippen molar-refractivity contribution in [1.29, 1.82) is 5.26 Å². The topological polar surface area (TPSA) is 65.4 Å². The minimum Gasteiger partial charge on any atom is -0.376 e. The molecule has 1 aromatic rings. The standard InChI is InChI=1S/C18H25N3O2/c1-14(2)7-9-23-17-6-8-21(13-17)18(22)20-12-16-5-3-4-15(10-16)11-19/h3-5,10,14,17H,6-9,12-13H2,1-2H3,(H,20,22). The van der Waals surface area contributed by atoms with E-state index in [0.29, 0.717) is 24.6 Å². The molecule has 5 nitrogen and oxygen atoms in total. The molecule has 0 aliphatic carbocycles. The molecular weight excluding hydrogens is 290 g/mol. The fraction of sp³-hybridized carbons (Fsp3) is 0.556. The van der Waals surface area contributed by atoms with Crippen molar-refractivity contribution >= 4 is 6.03 Å². The zero-order chi connectivity index (χ0) is 16.7. The molecule has 1 unspecified atom stereocenters. The maximum absolute atomic E-state index is 12.2. The predicted octanol–water partition coefficient (Wildman–Crippen LogP) is 2.90. The van der Waals surface area contributed by atoms with Crippen molar-refractivity contribution in [2.75, 3.05) is 19.7 Å². The lowest BCUT2D eigenvalue weighted by Gasteiger charge is -2.18. The lowest BCUT2D eigenvalue weighted by molar-refractivity contribution is 0.0543. The number of hydrogen-bond acceptors (Lipinski definition) is 3. The maximum atomic E-state index is 12.2. The van der Waals surface area contributed by atoms with Gasteiger partial charge in [0.15, 0.2) is 0 Å². The first-order chi connectivity index (χ1) is 11.1. The van der Waals surface area contributed by atoms with E-state index in [0.717, 1.165) is 31.6 Å². The van der Waals surface area contributed by atoms with Gasteiger partial charge in [0.25, 0.3) is 0 Å². The maximum Gasteiger partial charge on any atom is 0.317 e. The van der Waals surface area contributed by atoms with Gasteiger partial charge in [-0.25, -0.2) is 4.79 Å². The second kappa shape index (κ2) is 8.54. The lowest BCUT2D eigenvalue weighted by atomic mass is 10.1. The van der Waals surface area contributed by atoms with E-state index in [4.69, 9.17) is 10.00 Å². The van der Waals surface area contributed by atoms with Crippen molar-refractivity contribution in [2.45, 2.75) is 39.3 Å². The molecule has 1 N–H and O–H groups in total. The first kappa shape index (κ1) is 17.3. The highest BCUT2D eigenvalue weighted by atomic mass is 16.5. The molecule has 5 heteroatoms. The number of ether oxygens (including phenoxy) is 1. The Balaban J connectivity index is 1.73. The highest BCUT2D eigenvalue weighted by Crippen LogP contribution is 2.14. The largest absolute Gasteiger partial charge is 0.376 e. The molecule has 1 aliphatic rings. The van der Waals surface area contributed by atoms with Crippen LogP contribution in [0.25, 0.3) is 0 Å². The number of urea groups is 1. The van der Waals surface area contributed by atoms with Crippen LogP contribution < -0.4 is 5.32 Å². The molecule has 23 heavy (non-hydrogen) atoms. The lowest BCUT2D eigenvalue weighted by Crippen LogP contribution is -2.38. The summed E-state index contributed by atoms with van der Waals surface area (Å²) in [7, 11) is 0. The van der Waals surface area contributed by atoms with Crippen molar-refractivity contribution in [3.8, 4) is 6.07 Å². The molecule has 1 aliphatic heterocycles. The van der Waals surface area contributed by atoms with Crippen LogP contribution in [0.2, 0.25) is 0 Å². The van der Waals surface area contributed by atoms with Gasteiger partial charge in [-0.2, -0.15) is 5.26 Å². The first-order valence-corrected chi connectivity index (χ1v) is 8.22. The third kappa shape index (κ3) is 5.57. The Bertz CT molecular complexity index is 566. The molecule has 0 spiro atoms. The Morgan fingerprint density at radius 3 is 3.09 bits per heavy atom. The molecule has 1 atom stereocenters. The Kier molecular flexibility index (Phi) is 6.42.